The van der Waals surface area contributed by atoms with E-state index in [0.29, 0.717) is 25.0 Å². The zero-order valence-corrected chi connectivity index (χ0v) is 21.7. The molecular weight excluding hydrogens is 456 g/mol. The van der Waals surface area contributed by atoms with Crippen LogP contribution in [0.15, 0.2) is 53.5 Å². The molecule has 0 radical (unpaired) electrons. The number of hydrogen-bond acceptors (Lipinski definition) is 6. The summed E-state index contributed by atoms with van der Waals surface area (Å²) in [5.41, 5.74) is 7.60. The molecule has 36 heavy (non-hydrogen) atoms. The summed E-state index contributed by atoms with van der Waals surface area (Å²) in [6.07, 6.45) is 1.43. The van der Waals surface area contributed by atoms with Crippen molar-refractivity contribution in [2.75, 3.05) is 13.7 Å². The van der Waals surface area contributed by atoms with Crippen molar-refractivity contribution in [1.29, 1.82) is 0 Å². The Morgan fingerprint density at radius 1 is 1.22 bits per heavy atom. The smallest absolute Gasteiger partial charge is 0.251 e. The van der Waals surface area contributed by atoms with E-state index in [9.17, 15) is 9.59 Å². The van der Waals surface area contributed by atoms with Crippen molar-refractivity contribution in [2.24, 2.45) is 10.7 Å². The molecule has 0 fully saturated rings. The van der Waals surface area contributed by atoms with E-state index in [-0.39, 0.29) is 30.2 Å². The first kappa shape index (κ1) is 25.7. The van der Waals surface area contributed by atoms with Crippen LogP contribution >= 0.6 is 0 Å². The molecule has 2 amide bonds. The first-order valence-electron chi connectivity index (χ1n) is 12.3. The second-order valence-electron chi connectivity index (χ2n) is 10.8. The molecule has 0 saturated heterocycles. The van der Waals surface area contributed by atoms with Gasteiger partial charge in [-0.25, -0.2) is 4.99 Å². The highest BCUT2D eigenvalue weighted by molar-refractivity contribution is 5.99. The van der Waals surface area contributed by atoms with Crippen LogP contribution < -0.4 is 15.8 Å². The number of amides is 2. The highest BCUT2D eigenvalue weighted by Gasteiger charge is 2.38. The maximum Gasteiger partial charge on any atom is 0.251 e. The van der Waals surface area contributed by atoms with Gasteiger partial charge in [-0.05, 0) is 57.9 Å². The number of carbonyl (C=O) groups excluding carboxylic acids is 2. The molecule has 2 atom stereocenters. The molecule has 2 aromatic carbocycles. The van der Waals surface area contributed by atoms with E-state index >= 15 is 0 Å². The molecule has 0 bridgehead atoms. The predicted octanol–water partition coefficient (Wildman–Crippen LogP) is 4.12. The lowest BCUT2D eigenvalue weighted by atomic mass is 9.89. The summed E-state index contributed by atoms with van der Waals surface area (Å²) in [5, 5.41) is 3.19. The molecule has 8 heteroatoms. The lowest BCUT2D eigenvalue weighted by Crippen LogP contribution is -2.51. The molecule has 1 unspecified atom stereocenters. The van der Waals surface area contributed by atoms with Crippen molar-refractivity contribution >= 4 is 17.8 Å². The van der Waals surface area contributed by atoms with Crippen LogP contribution in [0.25, 0.3) is 0 Å². The number of fused-ring (bicyclic) bond motifs is 1. The minimum atomic E-state index is -0.543. The molecule has 3 N–H and O–H groups in total. The molecule has 2 aliphatic rings. The topological polar surface area (TPSA) is 106 Å². The second-order valence-corrected chi connectivity index (χ2v) is 10.8. The number of nitrogens with one attached hydrogen (secondary N) is 1. The van der Waals surface area contributed by atoms with Gasteiger partial charge in [0.2, 0.25) is 5.91 Å². The van der Waals surface area contributed by atoms with E-state index in [1.165, 1.54) is 0 Å². The Kier molecular flexibility index (Phi) is 7.09. The Hall–Kier alpha value is -3.39. The van der Waals surface area contributed by atoms with Crippen LogP contribution in [-0.2, 0) is 9.53 Å². The van der Waals surface area contributed by atoms with Gasteiger partial charge in [0, 0.05) is 31.3 Å². The highest BCUT2D eigenvalue weighted by Crippen LogP contribution is 2.39. The van der Waals surface area contributed by atoms with Gasteiger partial charge in [0.25, 0.3) is 5.91 Å². The molecule has 0 aromatic heterocycles. The Bertz CT molecular complexity index is 1170. The number of nitrogens with two attached hydrogens (primary N) is 1. The molecule has 8 nitrogen and oxygen atoms in total. The van der Waals surface area contributed by atoms with Crippen LogP contribution in [0.2, 0.25) is 0 Å². The van der Waals surface area contributed by atoms with Crippen LogP contribution in [0.5, 0.6) is 5.75 Å². The number of para-hydroxylation sites is 1. The Balaban J connectivity index is 1.61. The maximum atomic E-state index is 13.4. The number of carbonyl (C=O) groups is 2. The van der Waals surface area contributed by atoms with Crippen molar-refractivity contribution < 1.29 is 19.1 Å². The third-order valence-electron chi connectivity index (χ3n) is 6.64. The fraction of sp³-hybridized carbons (Fsp3) is 0.464. The molecule has 0 saturated carbocycles. The first-order valence-corrected chi connectivity index (χ1v) is 12.3. The number of rotatable bonds is 7. The van der Waals surface area contributed by atoms with Gasteiger partial charge in [0.05, 0.1) is 24.0 Å². The van der Waals surface area contributed by atoms with Gasteiger partial charge < -0.3 is 20.5 Å². The molecule has 192 valence electrons. The number of aliphatic imine (C=N–C) groups is 1. The van der Waals surface area contributed by atoms with Gasteiger partial charge in [-0.2, -0.15) is 0 Å². The summed E-state index contributed by atoms with van der Waals surface area (Å²) in [4.78, 5) is 32.6. The van der Waals surface area contributed by atoms with Crippen LogP contribution in [0.1, 0.15) is 80.5 Å². The normalized spacial score (nSPS) is 21.1. The number of ether oxygens (including phenoxy) is 2. The van der Waals surface area contributed by atoms with Crippen molar-refractivity contribution in [3.05, 3.63) is 65.2 Å². The maximum absolute atomic E-state index is 13.4. The van der Waals surface area contributed by atoms with E-state index in [0.717, 1.165) is 16.9 Å². The number of guanidine groups is 1. The molecule has 4 rings (SSSR count). The Morgan fingerprint density at radius 3 is 2.69 bits per heavy atom. The van der Waals surface area contributed by atoms with Gasteiger partial charge in [-0.1, -0.05) is 30.3 Å². The number of benzene rings is 2. The Morgan fingerprint density at radius 2 is 1.97 bits per heavy atom. The fourth-order valence-electron chi connectivity index (χ4n) is 5.05. The number of nitrogens with zero attached hydrogens (tertiary/aromatic N) is 2. The van der Waals surface area contributed by atoms with Crippen LogP contribution in [0.3, 0.4) is 0 Å². The second kappa shape index (κ2) is 9.93. The zero-order valence-electron chi connectivity index (χ0n) is 21.7. The lowest BCUT2D eigenvalue weighted by molar-refractivity contribution is -0.131. The third kappa shape index (κ3) is 5.54. The van der Waals surface area contributed by atoms with E-state index in [4.69, 9.17) is 15.2 Å². The van der Waals surface area contributed by atoms with Gasteiger partial charge in [-0.15, -0.1) is 0 Å². The van der Waals surface area contributed by atoms with Crippen molar-refractivity contribution in [1.82, 2.24) is 10.2 Å². The average molecular weight is 493 g/mol. The molecule has 2 aliphatic heterocycles. The average Bonchev–Trinajstić information content (AvgIpc) is 2.79. The summed E-state index contributed by atoms with van der Waals surface area (Å²) >= 11 is 0. The zero-order chi connectivity index (χ0) is 26.1. The monoisotopic (exact) mass is 492 g/mol. The summed E-state index contributed by atoms with van der Waals surface area (Å²) in [6, 6.07) is 14.6. The quantitative estimate of drug-likeness (QED) is 0.605. The van der Waals surface area contributed by atoms with Gasteiger partial charge in [-0.3, -0.25) is 14.5 Å². The van der Waals surface area contributed by atoms with E-state index < -0.39 is 17.2 Å². The van der Waals surface area contributed by atoms with Crippen molar-refractivity contribution in [2.45, 2.75) is 70.2 Å². The van der Waals surface area contributed by atoms with Gasteiger partial charge >= 0.3 is 0 Å². The standard InChI is InChI=1S/C28H36N4O4/c1-27(2)17-24(33)32(26(29)31-27)22(13-14-35-5)18-9-8-10-19(15-18)25(34)30-21-16-28(3,4)36-23-12-7-6-11-20(21)23/h6-12,15,21-22H,13-14,16-17H2,1-5H3,(H2,29,31)(H,30,34)/t21-,22?/m0/s1. The van der Waals surface area contributed by atoms with Crippen LogP contribution in [-0.4, -0.2) is 47.5 Å². The largest absolute Gasteiger partial charge is 0.487 e. The fourth-order valence-corrected chi connectivity index (χ4v) is 5.05. The third-order valence-corrected chi connectivity index (χ3v) is 6.64. The van der Waals surface area contributed by atoms with Crippen LogP contribution in [0, 0.1) is 0 Å². The summed E-state index contributed by atoms with van der Waals surface area (Å²) in [7, 11) is 1.62. The summed E-state index contributed by atoms with van der Waals surface area (Å²) in [6.45, 7) is 8.24. The van der Waals surface area contributed by atoms with E-state index in [1.54, 1.807) is 18.1 Å². The molecule has 0 spiro atoms. The van der Waals surface area contributed by atoms with Gasteiger partial charge in [0.1, 0.15) is 11.4 Å². The molecular formula is C28H36N4O4. The lowest BCUT2D eigenvalue weighted by Gasteiger charge is -2.38. The summed E-state index contributed by atoms with van der Waals surface area (Å²) in [5.74, 6) is 0.694. The van der Waals surface area contributed by atoms with Crippen molar-refractivity contribution in [3.63, 3.8) is 0 Å². The minimum absolute atomic E-state index is 0.0931. The van der Waals surface area contributed by atoms with E-state index in [1.807, 2.05) is 70.2 Å². The number of methoxy groups -OCH3 is 1. The van der Waals surface area contributed by atoms with Gasteiger partial charge in [0.15, 0.2) is 5.96 Å². The number of hydrogen-bond donors (Lipinski definition) is 2. The SMILES string of the molecule is COCCC(c1cccc(C(=O)N[C@H]2CC(C)(C)Oc3ccccc32)c1)N1C(=O)CC(C)(C)N=C1N. The molecule has 0 aliphatic carbocycles. The Labute approximate surface area is 212 Å². The first-order chi connectivity index (χ1) is 17.0. The highest BCUT2D eigenvalue weighted by atomic mass is 16.5. The minimum Gasteiger partial charge on any atom is -0.487 e. The summed E-state index contributed by atoms with van der Waals surface area (Å²) < 4.78 is 11.4. The van der Waals surface area contributed by atoms with Crippen LogP contribution in [0.4, 0.5) is 0 Å². The predicted molar refractivity (Wildman–Crippen MR) is 139 cm³/mol. The van der Waals surface area contributed by atoms with Crippen molar-refractivity contribution in [3.8, 4) is 5.75 Å². The molecule has 2 heterocycles. The van der Waals surface area contributed by atoms with E-state index in [2.05, 4.69) is 10.3 Å². The molecule has 2 aromatic rings.